The number of carbonyl (C=O) groups excluding carboxylic acids is 2. The van der Waals surface area contributed by atoms with E-state index in [0.717, 1.165) is 5.57 Å². The first kappa shape index (κ1) is 24.8. The van der Waals surface area contributed by atoms with Gasteiger partial charge in [0.2, 0.25) is 0 Å². The van der Waals surface area contributed by atoms with Crippen molar-refractivity contribution in [2.45, 2.75) is 52.9 Å². The predicted molar refractivity (Wildman–Crippen MR) is 130 cm³/mol. The van der Waals surface area contributed by atoms with Crippen LogP contribution in [-0.2, 0) is 9.53 Å². The summed E-state index contributed by atoms with van der Waals surface area (Å²) in [7, 11) is 0. The van der Waals surface area contributed by atoms with E-state index in [0.29, 0.717) is 49.6 Å². The van der Waals surface area contributed by atoms with E-state index in [1.165, 1.54) is 18.3 Å². The van der Waals surface area contributed by atoms with E-state index in [-0.39, 0.29) is 28.8 Å². The summed E-state index contributed by atoms with van der Waals surface area (Å²) in [6.45, 7) is 9.34. The molecule has 2 aromatic rings. The molecule has 2 unspecified atom stereocenters. The number of hydrogen-bond donors (Lipinski definition) is 2. The van der Waals surface area contributed by atoms with Crippen molar-refractivity contribution < 1.29 is 18.7 Å². The van der Waals surface area contributed by atoms with Gasteiger partial charge in [-0.3, -0.25) is 9.59 Å². The molecule has 2 fully saturated rings. The summed E-state index contributed by atoms with van der Waals surface area (Å²) in [5.74, 6) is -0.0443. The summed E-state index contributed by atoms with van der Waals surface area (Å²) in [5, 5.41) is 8.33. The van der Waals surface area contributed by atoms with Crippen molar-refractivity contribution in [1.82, 2.24) is 19.8 Å². The Labute approximate surface area is 204 Å². The highest BCUT2D eigenvalue weighted by Gasteiger charge is 2.45. The number of nitrogens with zero attached hydrogens (tertiary/aromatic N) is 3. The first-order chi connectivity index (χ1) is 16.6. The van der Waals surface area contributed by atoms with Gasteiger partial charge in [0.15, 0.2) is 6.23 Å². The van der Waals surface area contributed by atoms with Crippen molar-refractivity contribution >= 4 is 23.1 Å². The maximum absolute atomic E-state index is 13.2. The number of halogens is 1. The Balaban J connectivity index is 1.44. The zero-order valence-electron chi connectivity index (χ0n) is 20.6. The maximum atomic E-state index is 13.2. The Morgan fingerprint density at radius 3 is 2.66 bits per heavy atom. The van der Waals surface area contributed by atoms with Crippen LogP contribution in [-0.4, -0.2) is 69.3 Å². The lowest BCUT2D eigenvalue weighted by atomic mass is 9.89. The number of aromatic amines is 1. The highest BCUT2D eigenvalue weighted by Crippen LogP contribution is 2.31. The van der Waals surface area contributed by atoms with Crippen LogP contribution in [0.5, 0.6) is 0 Å². The van der Waals surface area contributed by atoms with Crippen molar-refractivity contribution in [3.63, 3.8) is 0 Å². The first-order valence-electron chi connectivity index (χ1n) is 11.9. The molecule has 0 radical (unpaired) electrons. The molecule has 0 bridgehead atoms. The number of H-pyrrole nitrogens is 1. The molecular weight excluding hydrogens is 449 g/mol. The minimum Gasteiger partial charge on any atom is -0.343 e. The Hall–Kier alpha value is -3.33. The Morgan fingerprint density at radius 2 is 2.00 bits per heavy atom. The average molecular weight is 482 g/mol. The van der Waals surface area contributed by atoms with Gasteiger partial charge in [-0.2, -0.15) is 0 Å². The number of imidazole rings is 1. The monoisotopic (exact) mass is 481 g/mol. The number of fused-ring (bicyclic) bond motifs is 1. The van der Waals surface area contributed by atoms with Crippen LogP contribution in [0.2, 0.25) is 0 Å². The van der Waals surface area contributed by atoms with Gasteiger partial charge in [-0.15, -0.1) is 0 Å². The van der Waals surface area contributed by atoms with Gasteiger partial charge in [0.1, 0.15) is 23.4 Å². The van der Waals surface area contributed by atoms with Crippen LogP contribution in [0.25, 0.3) is 5.57 Å². The largest absolute Gasteiger partial charge is 0.343 e. The molecule has 4 rings (SSSR count). The zero-order chi connectivity index (χ0) is 25.3. The molecular formula is C26H32FN5O3. The molecule has 2 saturated heterocycles. The third-order valence-corrected chi connectivity index (χ3v) is 6.26. The number of ether oxygens (including phenoxy) is 1. The van der Waals surface area contributed by atoms with Crippen LogP contribution in [0.4, 0.5) is 4.39 Å². The maximum Gasteiger partial charge on any atom is 0.272 e. The van der Waals surface area contributed by atoms with E-state index >= 15 is 0 Å². The second kappa shape index (κ2) is 9.73. The van der Waals surface area contributed by atoms with Gasteiger partial charge >= 0.3 is 0 Å². The Kier molecular flexibility index (Phi) is 6.89. The molecule has 2 amide bonds. The number of nitrogens with one attached hydrogen (secondary N) is 2. The number of hydrogen-bond acceptors (Lipinski definition) is 5. The lowest BCUT2D eigenvalue weighted by Gasteiger charge is -2.35. The molecule has 2 aliphatic rings. The van der Waals surface area contributed by atoms with E-state index < -0.39 is 12.3 Å². The number of carbonyl (C=O) groups is 2. The second-order valence-electron chi connectivity index (χ2n) is 10.2. The van der Waals surface area contributed by atoms with Crippen LogP contribution in [0.3, 0.4) is 0 Å². The minimum atomic E-state index is -0.470. The van der Waals surface area contributed by atoms with Crippen molar-refractivity contribution in [3.05, 3.63) is 59.4 Å². The number of allylic oxidation sites excluding steroid dienone is 2. The second-order valence-corrected chi connectivity index (χ2v) is 10.2. The van der Waals surface area contributed by atoms with Crippen molar-refractivity contribution in [2.24, 2.45) is 5.41 Å². The van der Waals surface area contributed by atoms with Gasteiger partial charge in [0, 0.05) is 13.1 Å². The van der Waals surface area contributed by atoms with Gasteiger partial charge in [-0.05, 0) is 59.7 Å². The molecule has 2 atom stereocenters. The van der Waals surface area contributed by atoms with Crippen molar-refractivity contribution in [1.29, 1.82) is 5.41 Å². The average Bonchev–Trinajstić information content (AvgIpc) is 3.41. The lowest BCUT2D eigenvalue weighted by Crippen LogP contribution is -2.53. The minimum absolute atomic E-state index is 0.00202. The number of aromatic nitrogens is 2. The van der Waals surface area contributed by atoms with Crippen LogP contribution in [0, 0.1) is 16.6 Å². The van der Waals surface area contributed by atoms with Crippen LogP contribution in [0.15, 0.2) is 36.5 Å². The molecule has 8 nitrogen and oxygen atoms in total. The Morgan fingerprint density at radius 1 is 1.29 bits per heavy atom. The fraction of sp³-hybridized carbons (Fsp3) is 0.462. The smallest absolute Gasteiger partial charge is 0.272 e. The van der Waals surface area contributed by atoms with E-state index in [9.17, 15) is 14.0 Å². The van der Waals surface area contributed by atoms with E-state index in [1.807, 2.05) is 6.92 Å². The van der Waals surface area contributed by atoms with Crippen molar-refractivity contribution in [3.8, 4) is 0 Å². The third-order valence-electron chi connectivity index (χ3n) is 6.26. The molecule has 3 heterocycles. The summed E-state index contributed by atoms with van der Waals surface area (Å²) < 4.78 is 19.2. The van der Waals surface area contributed by atoms with Crippen LogP contribution >= 0.6 is 0 Å². The van der Waals surface area contributed by atoms with Gasteiger partial charge < -0.3 is 24.9 Å². The number of amides is 2. The molecule has 9 heteroatoms. The zero-order valence-corrected chi connectivity index (χ0v) is 20.6. The quantitative estimate of drug-likeness (QED) is 0.612. The lowest BCUT2D eigenvalue weighted by molar-refractivity contribution is -0.132. The predicted octanol–water partition coefficient (Wildman–Crippen LogP) is 3.86. The van der Waals surface area contributed by atoms with Crippen molar-refractivity contribution in [2.75, 3.05) is 19.6 Å². The highest BCUT2D eigenvalue weighted by molar-refractivity contribution is 6.10. The summed E-state index contributed by atoms with van der Waals surface area (Å²) in [6.07, 6.45) is 3.50. The highest BCUT2D eigenvalue weighted by atomic mass is 19.1. The van der Waals surface area contributed by atoms with E-state index in [4.69, 9.17) is 10.1 Å². The van der Waals surface area contributed by atoms with Gasteiger partial charge in [0.25, 0.3) is 11.8 Å². The van der Waals surface area contributed by atoms with Gasteiger partial charge in [-0.1, -0.05) is 27.7 Å². The topological polar surface area (TPSA) is 102 Å². The third kappa shape index (κ3) is 5.51. The van der Waals surface area contributed by atoms with E-state index in [2.05, 4.69) is 30.7 Å². The van der Waals surface area contributed by atoms with Gasteiger partial charge in [0.05, 0.1) is 18.5 Å². The summed E-state index contributed by atoms with van der Waals surface area (Å²) >= 11 is 0. The van der Waals surface area contributed by atoms with E-state index in [1.54, 1.807) is 28.0 Å². The molecule has 186 valence electrons. The fourth-order valence-corrected chi connectivity index (χ4v) is 4.42. The SMILES string of the molecule is CC/C(=C/C(=N)c1ccc(F)cc1)c1ncc(C(=O)N2CCN3C(=O)C(CC(C)(C)C)OC3C2)[nH]1. The fourth-order valence-electron chi connectivity index (χ4n) is 4.42. The van der Waals surface area contributed by atoms with Crippen LogP contribution < -0.4 is 0 Å². The molecule has 1 aromatic carbocycles. The summed E-state index contributed by atoms with van der Waals surface area (Å²) in [4.78, 5) is 36.8. The number of rotatable bonds is 6. The number of benzene rings is 1. The molecule has 2 aliphatic heterocycles. The normalized spacial score (nSPS) is 20.8. The molecule has 0 saturated carbocycles. The van der Waals surface area contributed by atoms with Gasteiger partial charge in [-0.25, -0.2) is 9.37 Å². The molecule has 2 N–H and O–H groups in total. The van der Waals surface area contributed by atoms with Crippen LogP contribution in [0.1, 0.15) is 62.4 Å². The number of piperazine rings is 1. The molecule has 0 spiro atoms. The summed E-state index contributed by atoms with van der Waals surface area (Å²) in [6, 6.07) is 5.75. The summed E-state index contributed by atoms with van der Waals surface area (Å²) in [5.41, 5.74) is 1.90. The standard InChI is InChI=1S/C26H32FN5O3/c1-5-16(12-19(28)17-6-8-18(27)9-7-17)23-29-14-20(30-23)24(33)31-10-11-32-22(15-31)35-21(25(32)34)13-26(2,3)4/h6-9,12,14,21-22,28H,5,10-11,13,15H2,1-4H3,(H,29,30)/b16-12-,28-19?. The first-order valence-corrected chi connectivity index (χ1v) is 11.9. The molecule has 0 aliphatic carbocycles. The Bertz CT molecular complexity index is 1150. The molecule has 1 aromatic heterocycles. The molecule has 35 heavy (non-hydrogen) atoms.